The molecule has 1 saturated heterocycles. The van der Waals surface area contributed by atoms with E-state index in [2.05, 4.69) is 39.6 Å². The van der Waals surface area contributed by atoms with Crippen LogP contribution in [0.15, 0.2) is 42.5 Å². The molecule has 2 amide bonds. The molecule has 7 heteroatoms. The van der Waals surface area contributed by atoms with Crippen molar-refractivity contribution in [3.05, 3.63) is 48.0 Å². The van der Waals surface area contributed by atoms with Crippen LogP contribution in [-0.4, -0.2) is 29.9 Å². The lowest BCUT2D eigenvalue weighted by Gasteiger charge is -2.37. The molecule has 6 nitrogen and oxygen atoms in total. The zero-order valence-electron chi connectivity index (χ0n) is 15.2. The second kappa shape index (κ2) is 7.00. The minimum atomic E-state index is -0.140. The Kier molecular flexibility index (Phi) is 4.53. The number of aromatic nitrogens is 1. The lowest BCUT2D eigenvalue weighted by atomic mass is 10.00. The number of benzene rings is 2. The van der Waals surface area contributed by atoms with E-state index < -0.39 is 0 Å². The van der Waals surface area contributed by atoms with Gasteiger partial charge in [0.2, 0.25) is 11.8 Å². The van der Waals surface area contributed by atoms with Gasteiger partial charge in [-0.15, -0.1) is 0 Å². The first-order chi connectivity index (χ1) is 13.0. The molecular weight excluding hydrogens is 360 g/mol. The van der Waals surface area contributed by atoms with E-state index in [1.807, 2.05) is 12.1 Å². The summed E-state index contributed by atoms with van der Waals surface area (Å²) in [7, 11) is 0. The van der Waals surface area contributed by atoms with Gasteiger partial charge in [0.05, 0.1) is 16.1 Å². The zero-order valence-corrected chi connectivity index (χ0v) is 16.0. The normalized spacial score (nSPS) is 14.1. The number of amides is 2. The van der Waals surface area contributed by atoms with Crippen LogP contribution in [0.1, 0.15) is 12.5 Å². The summed E-state index contributed by atoms with van der Waals surface area (Å²) >= 11 is 1.66. The minimum Gasteiger partial charge on any atom is -0.346 e. The number of anilines is 3. The van der Waals surface area contributed by atoms with E-state index in [0.29, 0.717) is 24.5 Å². The highest BCUT2D eigenvalue weighted by Crippen LogP contribution is 2.33. The molecule has 2 heterocycles. The van der Waals surface area contributed by atoms with Crippen LogP contribution in [0, 0.1) is 12.8 Å². The lowest BCUT2D eigenvalue weighted by molar-refractivity contribution is -0.120. The second-order valence-electron chi connectivity index (χ2n) is 6.82. The first-order valence-corrected chi connectivity index (χ1v) is 9.60. The van der Waals surface area contributed by atoms with Crippen LogP contribution in [0.5, 0.6) is 0 Å². The lowest BCUT2D eigenvalue weighted by Crippen LogP contribution is -2.52. The van der Waals surface area contributed by atoms with Crippen LogP contribution < -0.4 is 15.5 Å². The smallest absolute Gasteiger partial charge is 0.231 e. The van der Waals surface area contributed by atoms with Crippen LogP contribution in [0.25, 0.3) is 10.2 Å². The maximum absolute atomic E-state index is 12.5. The van der Waals surface area contributed by atoms with Gasteiger partial charge in [-0.2, -0.15) is 0 Å². The monoisotopic (exact) mass is 380 g/mol. The largest absolute Gasteiger partial charge is 0.346 e. The second-order valence-corrected chi connectivity index (χ2v) is 7.83. The molecule has 138 valence electrons. The summed E-state index contributed by atoms with van der Waals surface area (Å²) in [6.07, 6.45) is 0. The maximum atomic E-state index is 12.5. The predicted molar refractivity (Wildman–Crippen MR) is 109 cm³/mol. The Morgan fingerprint density at radius 3 is 2.59 bits per heavy atom. The number of fused-ring (bicyclic) bond motifs is 1. The summed E-state index contributed by atoms with van der Waals surface area (Å²) in [5, 5.41) is 6.61. The molecule has 0 radical (unpaired) electrons. The molecule has 0 spiro atoms. The maximum Gasteiger partial charge on any atom is 0.231 e. The molecule has 0 aliphatic carbocycles. The molecule has 0 saturated carbocycles. The summed E-state index contributed by atoms with van der Waals surface area (Å²) in [6.45, 7) is 4.85. The van der Waals surface area contributed by atoms with Crippen molar-refractivity contribution in [3.63, 3.8) is 0 Å². The van der Waals surface area contributed by atoms with Crippen LogP contribution in [0.3, 0.4) is 0 Å². The molecular formula is C20H20N4O2S. The van der Waals surface area contributed by atoms with Crippen molar-refractivity contribution in [2.75, 3.05) is 28.6 Å². The van der Waals surface area contributed by atoms with Gasteiger partial charge in [0.25, 0.3) is 0 Å². The number of aryl methyl sites for hydroxylation is 1. The van der Waals surface area contributed by atoms with Gasteiger partial charge in [0, 0.05) is 31.4 Å². The summed E-state index contributed by atoms with van der Waals surface area (Å²) in [6, 6.07) is 13.4. The van der Waals surface area contributed by atoms with Crippen molar-refractivity contribution in [3.8, 4) is 0 Å². The highest BCUT2D eigenvalue weighted by molar-refractivity contribution is 7.22. The Labute approximate surface area is 161 Å². The van der Waals surface area contributed by atoms with E-state index in [1.165, 1.54) is 17.2 Å². The van der Waals surface area contributed by atoms with Gasteiger partial charge in [-0.25, -0.2) is 4.98 Å². The van der Waals surface area contributed by atoms with Gasteiger partial charge >= 0.3 is 0 Å². The van der Waals surface area contributed by atoms with Crippen molar-refractivity contribution in [2.45, 2.75) is 13.8 Å². The molecule has 0 unspecified atom stereocenters. The average Bonchev–Trinajstić information content (AvgIpc) is 2.95. The van der Waals surface area contributed by atoms with E-state index in [4.69, 9.17) is 0 Å². The predicted octanol–water partition coefficient (Wildman–Crippen LogP) is 3.64. The number of hydrogen-bond donors (Lipinski definition) is 2. The van der Waals surface area contributed by atoms with Crippen molar-refractivity contribution in [1.82, 2.24) is 4.98 Å². The summed E-state index contributed by atoms with van der Waals surface area (Å²) in [4.78, 5) is 30.4. The number of nitrogens with one attached hydrogen (secondary N) is 2. The third-order valence-electron chi connectivity index (χ3n) is 4.51. The van der Waals surface area contributed by atoms with E-state index in [9.17, 15) is 9.59 Å². The van der Waals surface area contributed by atoms with Crippen LogP contribution in [0.2, 0.25) is 0 Å². The fraction of sp³-hybridized carbons (Fsp3) is 0.250. The number of thiazole rings is 1. The Balaban J connectivity index is 1.37. The topological polar surface area (TPSA) is 74.3 Å². The Morgan fingerprint density at radius 2 is 1.85 bits per heavy atom. The molecule has 1 aromatic heterocycles. The van der Waals surface area contributed by atoms with Crippen LogP contribution in [0.4, 0.5) is 16.5 Å². The van der Waals surface area contributed by atoms with E-state index in [1.54, 1.807) is 29.5 Å². The molecule has 0 bridgehead atoms. The van der Waals surface area contributed by atoms with E-state index in [0.717, 1.165) is 10.6 Å². The van der Waals surface area contributed by atoms with Gasteiger partial charge in [-0.05, 0) is 42.8 Å². The number of rotatable bonds is 4. The zero-order chi connectivity index (χ0) is 19.0. The molecule has 1 aliphatic heterocycles. The highest BCUT2D eigenvalue weighted by Gasteiger charge is 2.34. The van der Waals surface area contributed by atoms with Gasteiger partial charge in [0.1, 0.15) is 0 Å². The number of nitrogens with zero attached hydrogens (tertiary/aromatic N) is 2. The van der Waals surface area contributed by atoms with Gasteiger partial charge in [-0.3, -0.25) is 9.59 Å². The third kappa shape index (κ3) is 3.78. The minimum absolute atomic E-state index is 0.0109. The SMILES string of the molecule is CC(=O)Nc1cccc(NC(=O)C2CN(c3nc4ccc(C)cc4s3)C2)c1. The molecule has 2 aromatic carbocycles. The standard InChI is InChI=1S/C20H20N4O2S/c1-12-6-7-17-18(8-12)27-20(23-17)24-10-14(11-24)19(26)22-16-5-3-4-15(9-16)21-13(2)25/h3-9,14H,10-11H2,1-2H3,(H,21,25)(H,22,26). The van der Waals surface area contributed by atoms with Gasteiger partial charge in [-0.1, -0.05) is 23.5 Å². The summed E-state index contributed by atoms with van der Waals surface area (Å²) in [5.41, 5.74) is 3.57. The quantitative estimate of drug-likeness (QED) is 0.725. The Morgan fingerprint density at radius 1 is 1.11 bits per heavy atom. The number of hydrogen-bond acceptors (Lipinski definition) is 5. The molecule has 0 atom stereocenters. The van der Waals surface area contributed by atoms with Crippen LogP contribution >= 0.6 is 11.3 Å². The average molecular weight is 380 g/mol. The highest BCUT2D eigenvalue weighted by atomic mass is 32.1. The van der Waals surface area contributed by atoms with E-state index in [-0.39, 0.29) is 17.7 Å². The third-order valence-corrected chi connectivity index (χ3v) is 5.58. The molecule has 2 N–H and O–H groups in total. The van der Waals surface area contributed by atoms with Gasteiger partial charge in [0.15, 0.2) is 5.13 Å². The number of carbonyl (C=O) groups excluding carboxylic acids is 2. The molecule has 4 rings (SSSR count). The van der Waals surface area contributed by atoms with Crippen LogP contribution in [-0.2, 0) is 9.59 Å². The van der Waals surface area contributed by atoms with Crippen molar-refractivity contribution < 1.29 is 9.59 Å². The fourth-order valence-corrected chi connectivity index (χ4v) is 4.16. The summed E-state index contributed by atoms with van der Waals surface area (Å²) in [5.74, 6) is -0.217. The number of carbonyl (C=O) groups is 2. The van der Waals surface area contributed by atoms with Gasteiger partial charge < -0.3 is 15.5 Å². The van der Waals surface area contributed by atoms with Crippen molar-refractivity contribution >= 4 is 49.9 Å². The Bertz CT molecular complexity index is 1020. The molecule has 1 aliphatic rings. The summed E-state index contributed by atoms with van der Waals surface area (Å²) < 4.78 is 1.17. The first kappa shape index (κ1) is 17.5. The van der Waals surface area contributed by atoms with Crippen molar-refractivity contribution in [2.24, 2.45) is 5.92 Å². The molecule has 3 aromatic rings. The van der Waals surface area contributed by atoms with Crippen molar-refractivity contribution in [1.29, 1.82) is 0 Å². The molecule has 27 heavy (non-hydrogen) atoms. The van der Waals surface area contributed by atoms with E-state index >= 15 is 0 Å². The fourth-order valence-electron chi connectivity index (χ4n) is 3.08. The first-order valence-electron chi connectivity index (χ1n) is 8.78. The molecule has 1 fully saturated rings. The Hall–Kier alpha value is -2.93.